The topological polar surface area (TPSA) is 79.1 Å². The largest absolute Gasteiger partial charge is 0.269 e. The third kappa shape index (κ3) is 12.6. The maximum absolute atomic E-state index is 9.97. The number of unbranched alkanes of at least 4 members (excludes halogenated alkanes) is 3. The van der Waals surface area contributed by atoms with Gasteiger partial charge in [0.2, 0.25) is 0 Å². The van der Waals surface area contributed by atoms with E-state index in [0.29, 0.717) is 19.8 Å². The summed E-state index contributed by atoms with van der Waals surface area (Å²) in [5.41, 5.74) is 4.16. The molecule has 1 aromatic heterocycles. The van der Waals surface area contributed by atoms with Crippen LogP contribution in [-0.2, 0) is 6.03 Å². The van der Waals surface area contributed by atoms with Gasteiger partial charge in [0.1, 0.15) is 24.7 Å². The van der Waals surface area contributed by atoms with Crippen LogP contribution < -0.4 is 12.9 Å². The van der Waals surface area contributed by atoms with Crippen molar-refractivity contribution in [3.8, 4) is 45.3 Å². The fourth-order valence-electron chi connectivity index (χ4n) is 3.99. The van der Waals surface area contributed by atoms with Gasteiger partial charge >= 0.3 is 81.2 Å². The first kappa shape index (κ1) is 35.6. The van der Waals surface area contributed by atoms with Gasteiger partial charge in [0.05, 0.1) is 23.3 Å². The van der Waals surface area contributed by atoms with Gasteiger partial charge in [-0.1, -0.05) is 55.6 Å². The molecule has 0 N–H and O–H groups in total. The molecular weight excluding hydrogens is 657 g/mol. The summed E-state index contributed by atoms with van der Waals surface area (Å²) in [6.07, 6.45) is 7.74. The molecule has 43 heavy (non-hydrogen) atoms. The minimum atomic E-state index is -3.58. The Morgan fingerprint density at radius 1 is 0.721 bits per heavy atom. The third-order valence-corrected chi connectivity index (χ3v) is 7.23. The van der Waals surface area contributed by atoms with Crippen LogP contribution in [0.1, 0.15) is 32.6 Å². The number of hydrogen-bond acceptors (Lipinski definition) is 5. The normalized spacial score (nSPS) is 10.0. The van der Waals surface area contributed by atoms with Crippen molar-refractivity contribution >= 4 is 21.0 Å². The first-order valence-electron chi connectivity index (χ1n) is 14.0. The second-order valence-electron chi connectivity index (χ2n) is 9.31. The summed E-state index contributed by atoms with van der Waals surface area (Å²) in [7, 11) is 0. The van der Waals surface area contributed by atoms with Crippen LogP contribution in [0.4, 0.5) is 4.70 Å². The molecular formula is C35H39FO6Sb. The average Bonchev–Trinajstić information content (AvgIpc) is 3.03. The van der Waals surface area contributed by atoms with E-state index in [2.05, 4.69) is 47.4 Å². The second kappa shape index (κ2) is 20.3. The Morgan fingerprint density at radius 3 is 1.67 bits per heavy atom. The van der Waals surface area contributed by atoms with Gasteiger partial charge in [-0.15, -0.1) is 0 Å². The van der Waals surface area contributed by atoms with E-state index in [9.17, 15) is 6.40 Å². The van der Waals surface area contributed by atoms with Crippen LogP contribution in [0.2, 0.25) is 0 Å². The minimum absolute atomic E-state index is 0. The number of hydrogen-bond donors (Lipinski definition) is 0. The van der Waals surface area contributed by atoms with Crippen molar-refractivity contribution in [2.24, 2.45) is 0 Å². The summed E-state index contributed by atoms with van der Waals surface area (Å²) >= 11 is -3.58. The molecule has 1 heterocycles. The fourth-order valence-corrected chi connectivity index (χ4v) is 4.79. The van der Waals surface area contributed by atoms with Gasteiger partial charge in [-0.2, -0.15) is 0 Å². The van der Waals surface area contributed by atoms with E-state index in [4.69, 9.17) is 13.9 Å². The van der Waals surface area contributed by atoms with Gasteiger partial charge < -0.3 is 9.47 Å². The van der Waals surface area contributed by atoms with Crippen LogP contribution in [0, 0.1) is 0 Å². The zero-order valence-corrected chi connectivity index (χ0v) is 27.0. The zero-order valence-electron chi connectivity index (χ0n) is 24.5. The Labute approximate surface area is 262 Å². The molecule has 0 amide bonds. The number of halogens is 1. The van der Waals surface area contributed by atoms with Crippen molar-refractivity contribution in [3.63, 3.8) is 0 Å². The summed E-state index contributed by atoms with van der Waals surface area (Å²) < 4.78 is 41.9. The van der Waals surface area contributed by atoms with Crippen LogP contribution >= 0.6 is 0 Å². The Kier molecular flexibility index (Phi) is 16.8. The molecule has 227 valence electrons. The molecule has 1 radical (unpaired) electrons. The molecule has 4 aromatic rings. The smallest absolute Gasteiger partial charge is 0.269 e. The molecule has 3 aromatic carbocycles. The third-order valence-electron chi connectivity index (χ3n) is 6.11. The molecule has 0 unspecified atom stereocenters. The maximum atomic E-state index is 9.97. The fraction of sp³-hybridized carbons (Fsp3) is 0.229. The quantitative estimate of drug-likeness (QED) is 0.0540. The van der Waals surface area contributed by atoms with Crippen LogP contribution in [-0.4, -0.2) is 40.9 Å². The van der Waals surface area contributed by atoms with Gasteiger partial charge in [-0.05, 0) is 54.1 Å². The van der Waals surface area contributed by atoms with Crippen molar-refractivity contribution in [2.45, 2.75) is 32.6 Å². The SMILES string of the molecule is C=CCOc1ccc(-c2cc(-c3ccccc3)cc(-c3ccc(OCC=C)cc3)[o+]2)cc1.CCCCCC[O][Sb](=[O])[O-].F. The summed E-state index contributed by atoms with van der Waals surface area (Å²) in [4.78, 5) is 0. The molecule has 0 fully saturated rings. The van der Waals surface area contributed by atoms with Gasteiger partial charge in [0.25, 0.3) is 0 Å². The molecule has 0 aliphatic rings. The first-order valence-corrected chi connectivity index (χ1v) is 17.2. The average molecular weight is 696 g/mol. The molecule has 0 spiro atoms. The van der Waals surface area contributed by atoms with E-state index in [-0.39, 0.29) is 4.70 Å². The van der Waals surface area contributed by atoms with Crippen LogP contribution in [0.3, 0.4) is 0 Å². The van der Waals surface area contributed by atoms with Crippen LogP contribution in [0.25, 0.3) is 33.8 Å². The maximum Gasteiger partial charge on any atom is -0.269 e. The number of ether oxygens (including phenoxy) is 2. The van der Waals surface area contributed by atoms with Gasteiger partial charge in [0, 0.05) is 5.56 Å². The Balaban J connectivity index is 0.000000507. The van der Waals surface area contributed by atoms with Crippen LogP contribution in [0.15, 0.2) is 121 Å². The summed E-state index contributed by atoms with van der Waals surface area (Å²) in [5, 5.41) is 0. The minimum Gasteiger partial charge on any atom is -0.269 e. The Morgan fingerprint density at radius 2 is 1.23 bits per heavy atom. The van der Waals surface area contributed by atoms with Gasteiger partial charge in [0.15, 0.2) is 0 Å². The Hall–Kier alpha value is -3.64. The molecule has 0 aliphatic heterocycles. The predicted octanol–water partition coefficient (Wildman–Crippen LogP) is 8.20. The summed E-state index contributed by atoms with van der Waals surface area (Å²) in [5.74, 6) is 3.15. The van der Waals surface area contributed by atoms with E-state index < -0.39 is 21.0 Å². The Bertz CT molecular complexity index is 1320. The standard InChI is InChI=1S/C29H25O3.C6H13O.FH.2O.Sb/c1-3-18-30-26-14-10-23(11-15-26)28-20-25(22-8-6-5-7-9-22)21-29(32-28)24-12-16-27(17-13-24)31-19-4-2;1-2-3-4-5-6-7;;;;/h3-17,20-21H,1-2,18-19H2;2-6H2,1H3;1H;;;/q+1;-1;;;-1;+1. The zero-order chi connectivity index (χ0) is 30.0. The van der Waals surface area contributed by atoms with Crippen molar-refractivity contribution in [2.75, 3.05) is 19.8 Å². The molecule has 0 saturated heterocycles. The first-order chi connectivity index (χ1) is 20.5. The monoisotopic (exact) mass is 695 g/mol. The van der Waals surface area contributed by atoms with E-state index in [0.717, 1.165) is 64.5 Å². The molecule has 0 saturated carbocycles. The van der Waals surface area contributed by atoms with Gasteiger partial charge in [-0.3, -0.25) is 4.70 Å². The van der Waals surface area contributed by atoms with Crippen molar-refractivity contribution in [1.29, 1.82) is 0 Å². The second-order valence-corrected chi connectivity index (χ2v) is 11.3. The van der Waals surface area contributed by atoms with Crippen molar-refractivity contribution in [3.05, 3.63) is 116 Å². The molecule has 0 aliphatic carbocycles. The predicted molar refractivity (Wildman–Crippen MR) is 170 cm³/mol. The van der Waals surface area contributed by atoms with Crippen molar-refractivity contribution in [1.82, 2.24) is 0 Å². The van der Waals surface area contributed by atoms with E-state index in [1.54, 1.807) is 12.2 Å². The van der Waals surface area contributed by atoms with E-state index in [1.807, 2.05) is 66.7 Å². The van der Waals surface area contributed by atoms with E-state index >= 15 is 0 Å². The summed E-state index contributed by atoms with van der Waals surface area (Å²) in [6, 6.07) is 30.2. The number of benzene rings is 3. The summed E-state index contributed by atoms with van der Waals surface area (Å²) in [6.45, 7) is 10.8. The molecule has 8 heteroatoms. The molecule has 0 atom stereocenters. The van der Waals surface area contributed by atoms with Crippen LogP contribution in [0.5, 0.6) is 11.5 Å². The number of rotatable bonds is 15. The van der Waals surface area contributed by atoms with Gasteiger partial charge in [-0.25, -0.2) is 4.42 Å². The molecule has 4 rings (SSSR count). The van der Waals surface area contributed by atoms with Crippen molar-refractivity contribution < 1.29 is 28.0 Å². The molecule has 0 bridgehead atoms. The van der Waals surface area contributed by atoms with E-state index in [1.165, 1.54) is 6.42 Å². The molecule has 6 nitrogen and oxygen atoms in total.